The molecule has 9 heteroatoms. The van der Waals surface area contributed by atoms with Crippen LogP contribution in [-0.2, 0) is 30.7 Å². The smallest absolute Gasteiger partial charge is 0.547 e. The van der Waals surface area contributed by atoms with Crippen LogP contribution < -0.4 is 10.2 Å². The summed E-state index contributed by atoms with van der Waals surface area (Å²) in [5.74, 6) is -2.87. The minimum atomic E-state index is -1.44. The van der Waals surface area contributed by atoms with Gasteiger partial charge in [0, 0.05) is 24.8 Å². The number of rotatable bonds is 2. The van der Waals surface area contributed by atoms with Crippen LogP contribution in [0, 0.1) is 13.8 Å². The predicted molar refractivity (Wildman–Crippen MR) is 91.3 cm³/mol. The van der Waals surface area contributed by atoms with Crippen LogP contribution in [0.25, 0.3) is 0 Å². The average Bonchev–Trinajstić information content (AvgIpc) is 2.58. The Morgan fingerprint density at radius 2 is 1.11 bits per heavy atom. The zero-order valence-corrected chi connectivity index (χ0v) is 17.8. The van der Waals surface area contributed by atoms with Crippen molar-refractivity contribution in [3.05, 3.63) is 60.2 Å². The number of hydrogen-bond donors (Lipinski definition) is 2. The average molecular weight is 559 g/mol. The number of aliphatic hydroxyl groups is 2. The third-order valence-electron chi connectivity index (χ3n) is 2.30. The largest absolute Gasteiger partial charge is 2.00 e. The monoisotopic (exact) mass is 559 g/mol. The number of carboxylic acid groups (broad SMARTS) is 2. The van der Waals surface area contributed by atoms with Gasteiger partial charge < -0.3 is 30.0 Å². The molecule has 2 N–H and O–H groups in total. The molecule has 0 saturated carbocycles. The van der Waals surface area contributed by atoms with Crippen LogP contribution in [-0.4, -0.2) is 44.3 Å². The number of carbonyl (C=O) groups excluding carboxylic acids is 2. The fourth-order valence-electron chi connectivity index (χ4n) is 0.896. The van der Waals surface area contributed by atoms with E-state index in [0.29, 0.717) is 0 Å². The first kappa shape index (κ1) is 29.6. The number of pyridine rings is 2. The van der Waals surface area contributed by atoms with E-state index in [0.717, 1.165) is 13.8 Å². The number of carbonyl (C=O) groups is 2. The quantitative estimate of drug-likeness (QED) is 0.477. The summed E-state index contributed by atoms with van der Waals surface area (Å²) in [4.78, 5) is 26.4. The molecule has 0 aromatic carbocycles. The Bertz CT molecular complexity index is 554. The van der Waals surface area contributed by atoms with Gasteiger partial charge in [0.1, 0.15) is 0 Å². The first-order valence-electron chi connectivity index (χ1n) is 7.59. The van der Waals surface area contributed by atoms with Gasteiger partial charge in [-0.05, 0) is 51.0 Å². The van der Waals surface area contributed by atoms with Crippen molar-refractivity contribution in [1.29, 1.82) is 0 Å². The van der Waals surface area contributed by atoms with Crippen LogP contribution in [0.4, 0.5) is 0 Å². The second-order valence-corrected chi connectivity index (χ2v) is 5.05. The second-order valence-electron chi connectivity index (χ2n) is 5.05. The summed E-state index contributed by atoms with van der Waals surface area (Å²) < 4.78 is 0. The van der Waals surface area contributed by atoms with Gasteiger partial charge in [-0.15, -0.1) is 0 Å². The maximum atomic E-state index is 9.34. The van der Waals surface area contributed by atoms with Crippen molar-refractivity contribution in [2.24, 2.45) is 0 Å². The van der Waals surface area contributed by atoms with E-state index in [1.54, 1.807) is 12.4 Å². The molecule has 0 aliphatic carbocycles. The number of aromatic nitrogens is 2. The van der Waals surface area contributed by atoms with Crippen LogP contribution in [0.5, 0.6) is 0 Å². The summed E-state index contributed by atoms with van der Waals surface area (Å²) in [7, 11) is 0. The number of aliphatic hydroxyl groups excluding tert-OH is 2. The van der Waals surface area contributed by atoms with Crippen molar-refractivity contribution >= 4 is 11.9 Å². The number of aryl methyl sites for hydroxylation is 2. The minimum Gasteiger partial charge on any atom is -0.547 e. The van der Waals surface area contributed by atoms with Crippen molar-refractivity contribution in [2.75, 3.05) is 0 Å². The molecule has 0 saturated heterocycles. The number of aliphatic carboxylic acids is 2. The van der Waals surface area contributed by atoms with Gasteiger partial charge in [0.25, 0.3) is 0 Å². The van der Waals surface area contributed by atoms with E-state index in [4.69, 9.17) is 10.2 Å². The molecule has 2 atom stereocenters. The normalized spacial score (nSPS) is 10.6. The van der Waals surface area contributed by atoms with Crippen LogP contribution in [0.2, 0.25) is 0 Å². The van der Waals surface area contributed by atoms with Crippen molar-refractivity contribution in [3.8, 4) is 0 Å². The molecule has 0 bridgehead atoms. The summed E-state index contributed by atoms with van der Waals surface area (Å²) in [5, 5.41) is 34.6. The van der Waals surface area contributed by atoms with Gasteiger partial charge >= 0.3 is 21.1 Å². The number of carboxylic acids is 2. The number of hydrogen-bond acceptors (Lipinski definition) is 8. The summed E-state index contributed by atoms with van der Waals surface area (Å²) in [6.45, 7) is 6.31. The van der Waals surface area contributed by atoms with Crippen LogP contribution in [0.15, 0.2) is 49.1 Å². The van der Waals surface area contributed by atoms with Gasteiger partial charge in [-0.1, -0.05) is 12.1 Å². The Morgan fingerprint density at radius 1 is 0.852 bits per heavy atom. The van der Waals surface area contributed by atoms with E-state index < -0.39 is 24.1 Å². The first-order chi connectivity index (χ1) is 12.1. The number of nitrogens with zero attached hydrogens (tertiary/aromatic N) is 2. The standard InChI is InChI=1S/2C6H7N.2C3H6O3.Pt/c2*1-6-3-2-4-7-5-6;2*1-2(4)3(5)6;/h2*2-5H,1H3;2*2,4H,1H3,(H,5,6);/q;;;;+2/p-2. The van der Waals surface area contributed by atoms with Crippen molar-refractivity contribution < 1.29 is 51.1 Å². The van der Waals surface area contributed by atoms with Gasteiger partial charge in [-0.25, -0.2) is 0 Å². The molecular weight excluding hydrogens is 535 g/mol. The molecule has 8 nitrogen and oxygen atoms in total. The van der Waals surface area contributed by atoms with E-state index in [1.807, 2.05) is 50.5 Å². The van der Waals surface area contributed by atoms with E-state index in [2.05, 4.69) is 9.97 Å². The molecule has 2 rings (SSSR count). The Hall–Kier alpha value is -2.15. The molecule has 2 aromatic rings. The fraction of sp³-hybridized carbons (Fsp3) is 0.333. The second kappa shape index (κ2) is 18.6. The van der Waals surface area contributed by atoms with Crippen LogP contribution in [0.1, 0.15) is 25.0 Å². The summed E-state index contributed by atoms with van der Waals surface area (Å²) in [5.41, 5.74) is 2.42. The molecule has 2 aromatic heterocycles. The summed E-state index contributed by atoms with van der Waals surface area (Å²) in [6.07, 6.45) is 4.52. The third-order valence-corrected chi connectivity index (χ3v) is 2.30. The third kappa shape index (κ3) is 23.8. The van der Waals surface area contributed by atoms with Crippen molar-refractivity contribution in [1.82, 2.24) is 9.97 Å². The zero-order valence-electron chi connectivity index (χ0n) is 15.5. The fourth-order valence-corrected chi connectivity index (χ4v) is 0.896. The summed E-state index contributed by atoms with van der Waals surface area (Å²) >= 11 is 0. The van der Waals surface area contributed by atoms with E-state index in [9.17, 15) is 19.8 Å². The molecule has 0 aliphatic heterocycles. The predicted octanol–water partition coefficient (Wildman–Crippen LogP) is -0.988. The van der Waals surface area contributed by atoms with Gasteiger partial charge in [-0.2, -0.15) is 0 Å². The maximum Gasteiger partial charge on any atom is 2.00 e. The molecular formula is C18H24N2O6Pt. The Labute approximate surface area is 173 Å². The van der Waals surface area contributed by atoms with Gasteiger partial charge in [0.05, 0.1) is 24.1 Å². The van der Waals surface area contributed by atoms with E-state index in [1.165, 1.54) is 11.1 Å². The molecule has 0 amide bonds. The maximum absolute atomic E-state index is 9.34. The Morgan fingerprint density at radius 3 is 1.19 bits per heavy atom. The molecule has 27 heavy (non-hydrogen) atoms. The Kier molecular flexibility index (Phi) is 20.4. The molecule has 152 valence electrons. The van der Waals surface area contributed by atoms with Crippen molar-refractivity contribution in [3.63, 3.8) is 0 Å². The summed E-state index contributed by atoms with van der Waals surface area (Å²) in [6, 6.07) is 7.89. The van der Waals surface area contributed by atoms with E-state index >= 15 is 0 Å². The van der Waals surface area contributed by atoms with Crippen LogP contribution in [0.3, 0.4) is 0 Å². The molecule has 0 radical (unpaired) electrons. The molecule has 0 spiro atoms. The van der Waals surface area contributed by atoms with Gasteiger partial charge in [0.2, 0.25) is 0 Å². The molecule has 0 aliphatic rings. The first-order valence-corrected chi connectivity index (χ1v) is 7.59. The van der Waals surface area contributed by atoms with Crippen molar-refractivity contribution in [2.45, 2.75) is 39.9 Å². The molecule has 2 heterocycles. The molecule has 0 fully saturated rings. The zero-order chi connectivity index (χ0) is 20.5. The van der Waals surface area contributed by atoms with Gasteiger partial charge in [-0.3, -0.25) is 9.97 Å². The van der Waals surface area contributed by atoms with Crippen LogP contribution >= 0.6 is 0 Å². The topological polar surface area (TPSA) is 146 Å². The molecule has 2 unspecified atom stereocenters. The minimum absolute atomic E-state index is 0. The van der Waals surface area contributed by atoms with E-state index in [-0.39, 0.29) is 21.1 Å². The Balaban J connectivity index is -0.000000282. The SMILES string of the molecule is CC(O)C(=O)[O-].CC(O)C(=O)[O-].Cc1cccnc1.Cc1cccnc1.[Pt+2]. The van der Waals surface area contributed by atoms with Gasteiger partial charge in [0.15, 0.2) is 0 Å².